The number of halogens is 2. The zero-order chi connectivity index (χ0) is 24.8. The van der Waals surface area contributed by atoms with Crippen molar-refractivity contribution in [1.82, 2.24) is 5.32 Å². The standard InChI is InChI=1S/C30H31Cl2NO2/c1-20(28(22-13-17-25(32)18-14-22)19-21-11-15-24(31)16-12-21)33-30(35)27-10-6-5-9-26(27)29(34)23-7-3-2-4-8-23/h2-4,7-8,11-18,20,26-28H,5-6,9-10,19H2,1H3,(H,33,35)/t20-,26?,27?,28?/m0/s1. The van der Waals surface area contributed by atoms with Gasteiger partial charge in [0.05, 0.1) is 0 Å². The first-order chi connectivity index (χ1) is 16.9. The minimum atomic E-state index is -0.305. The van der Waals surface area contributed by atoms with Gasteiger partial charge in [-0.2, -0.15) is 0 Å². The quantitative estimate of drug-likeness (QED) is 0.320. The summed E-state index contributed by atoms with van der Waals surface area (Å²) in [6, 6.07) is 24.9. The summed E-state index contributed by atoms with van der Waals surface area (Å²) in [5.74, 6) is -0.483. The number of ketones is 1. The molecule has 182 valence electrons. The average Bonchev–Trinajstić information content (AvgIpc) is 2.89. The van der Waals surface area contributed by atoms with Gasteiger partial charge >= 0.3 is 0 Å². The maximum Gasteiger partial charge on any atom is 0.224 e. The second-order valence-electron chi connectivity index (χ2n) is 9.51. The second-order valence-corrected chi connectivity index (χ2v) is 10.4. The van der Waals surface area contributed by atoms with Crippen LogP contribution in [0, 0.1) is 11.8 Å². The molecule has 1 aliphatic carbocycles. The summed E-state index contributed by atoms with van der Waals surface area (Å²) in [6.45, 7) is 2.05. The minimum absolute atomic E-state index is 0.0263. The molecule has 0 aromatic heterocycles. The molecule has 1 saturated carbocycles. The SMILES string of the molecule is C[C@H](NC(=O)C1CCCCC1C(=O)c1ccccc1)C(Cc1ccc(Cl)cc1)c1ccc(Cl)cc1. The second kappa shape index (κ2) is 11.9. The third-order valence-corrected chi connectivity index (χ3v) is 7.64. The van der Waals surface area contributed by atoms with Crippen LogP contribution >= 0.6 is 23.2 Å². The van der Waals surface area contributed by atoms with E-state index in [1.165, 1.54) is 0 Å². The van der Waals surface area contributed by atoms with Crippen molar-refractivity contribution in [2.45, 2.75) is 51.0 Å². The van der Waals surface area contributed by atoms with E-state index in [1.54, 1.807) is 0 Å². The van der Waals surface area contributed by atoms with Crippen molar-refractivity contribution >= 4 is 34.9 Å². The van der Waals surface area contributed by atoms with Crippen molar-refractivity contribution in [2.75, 3.05) is 0 Å². The summed E-state index contributed by atoms with van der Waals surface area (Å²) in [4.78, 5) is 26.8. The molecule has 35 heavy (non-hydrogen) atoms. The predicted molar refractivity (Wildman–Crippen MR) is 143 cm³/mol. The third kappa shape index (κ3) is 6.54. The molecule has 1 fully saturated rings. The van der Waals surface area contributed by atoms with Crippen LogP contribution in [0.3, 0.4) is 0 Å². The molecule has 3 aromatic rings. The fourth-order valence-corrected chi connectivity index (χ4v) is 5.43. The Morgan fingerprint density at radius 1 is 0.829 bits per heavy atom. The van der Waals surface area contributed by atoms with Crippen LogP contribution in [0.4, 0.5) is 0 Å². The number of amides is 1. The van der Waals surface area contributed by atoms with E-state index in [0.29, 0.717) is 15.6 Å². The Morgan fingerprint density at radius 3 is 2.03 bits per heavy atom. The van der Waals surface area contributed by atoms with Gasteiger partial charge in [0.15, 0.2) is 5.78 Å². The van der Waals surface area contributed by atoms with Crippen LogP contribution in [-0.2, 0) is 11.2 Å². The number of nitrogens with one attached hydrogen (secondary N) is 1. The van der Waals surface area contributed by atoms with Gasteiger partial charge in [-0.25, -0.2) is 0 Å². The van der Waals surface area contributed by atoms with Gasteiger partial charge in [0.1, 0.15) is 0 Å². The summed E-state index contributed by atoms with van der Waals surface area (Å²) in [6.07, 6.45) is 4.19. The van der Waals surface area contributed by atoms with Crippen molar-refractivity contribution < 1.29 is 9.59 Å². The lowest BCUT2D eigenvalue weighted by Gasteiger charge is -2.32. The molecule has 0 saturated heterocycles. The fourth-order valence-electron chi connectivity index (χ4n) is 5.17. The molecule has 1 aliphatic rings. The first kappa shape index (κ1) is 25.5. The van der Waals surface area contributed by atoms with E-state index in [2.05, 4.69) is 5.32 Å². The zero-order valence-corrected chi connectivity index (χ0v) is 21.4. The molecule has 1 N–H and O–H groups in total. The number of rotatable bonds is 8. The summed E-state index contributed by atoms with van der Waals surface area (Å²) >= 11 is 12.2. The van der Waals surface area contributed by atoms with Crippen LogP contribution < -0.4 is 5.32 Å². The molecule has 4 rings (SSSR count). The summed E-state index contributed by atoms with van der Waals surface area (Å²) < 4.78 is 0. The molecule has 1 amide bonds. The van der Waals surface area contributed by atoms with Crippen LogP contribution in [0.5, 0.6) is 0 Å². The lowest BCUT2D eigenvalue weighted by Crippen LogP contribution is -2.45. The minimum Gasteiger partial charge on any atom is -0.353 e. The molecule has 0 radical (unpaired) electrons. The van der Waals surface area contributed by atoms with Crippen molar-refractivity contribution in [2.24, 2.45) is 11.8 Å². The Balaban J connectivity index is 1.53. The van der Waals surface area contributed by atoms with Gasteiger partial charge in [0.2, 0.25) is 5.91 Å². The normalized spacial score (nSPS) is 19.5. The molecule has 0 heterocycles. The maximum atomic E-state index is 13.5. The molecule has 0 spiro atoms. The first-order valence-corrected chi connectivity index (χ1v) is 13.1. The molecule has 5 heteroatoms. The van der Waals surface area contributed by atoms with Gasteiger partial charge in [-0.15, -0.1) is 0 Å². The van der Waals surface area contributed by atoms with Gasteiger partial charge in [-0.3, -0.25) is 9.59 Å². The molecular formula is C30H31Cl2NO2. The Hall–Kier alpha value is -2.62. The van der Waals surface area contributed by atoms with E-state index in [9.17, 15) is 9.59 Å². The maximum absolute atomic E-state index is 13.5. The highest BCUT2D eigenvalue weighted by atomic mass is 35.5. The number of hydrogen-bond donors (Lipinski definition) is 1. The van der Waals surface area contributed by atoms with Crippen LogP contribution in [0.15, 0.2) is 78.9 Å². The van der Waals surface area contributed by atoms with E-state index >= 15 is 0 Å². The predicted octanol–water partition coefficient (Wildman–Crippen LogP) is 7.51. The third-order valence-electron chi connectivity index (χ3n) is 7.14. The van der Waals surface area contributed by atoms with E-state index in [1.807, 2.05) is 85.8 Å². The lowest BCUT2D eigenvalue weighted by molar-refractivity contribution is -0.128. The monoisotopic (exact) mass is 507 g/mol. The van der Waals surface area contributed by atoms with Crippen molar-refractivity contribution in [3.05, 3.63) is 106 Å². The molecular weight excluding hydrogens is 477 g/mol. The molecule has 3 aromatic carbocycles. The number of hydrogen-bond acceptors (Lipinski definition) is 2. The van der Waals surface area contributed by atoms with Crippen LogP contribution in [-0.4, -0.2) is 17.7 Å². The summed E-state index contributed by atoms with van der Waals surface area (Å²) in [7, 11) is 0. The molecule has 3 unspecified atom stereocenters. The largest absolute Gasteiger partial charge is 0.353 e. The fraction of sp³-hybridized carbons (Fsp3) is 0.333. The van der Waals surface area contributed by atoms with E-state index < -0.39 is 0 Å². The number of carbonyl (C=O) groups excluding carboxylic acids is 2. The van der Waals surface area contributed by atoms with E-state index in [4.69, 9.17) is 23.2 Å². The van der Waals surface area contributed by atoms with Gasteiger partial charge in [0.25, 0.3) is 0 Å². The topological polar surface area (TPSA) is 46.2 Å². The number of carbonyl (C=O) groups is 2. The van der Waals surface area contributed by atoms with Gasteiger partial charge < -0.3 is 5.32 Å². The molecule has 4 atom stereocenters. The van der Waals surface area contributed by atoms with Crippen molar-refractivity contribution in [1.29, 1.82) is 0 Å². The van der Waals surface area contributed by atoms with Crippen LogP contribution in [0.1, 0.15) is 60.0 Å². The molecule has 3 nitrogen and oxygen atoms in total. The van der Waals surface area contributed by atoms with Crippen molar-refractivity contribution in [3.63, 3.8) is 0 Å². The van der Waals surface area contributed by atoms with Gasteiger partial charge in [0, 0.05) is 39.4 Å². The van der Waals surface area contributed by atoms with Crippen LogP contribution in [0.25, 0.3) is 0 Å². The average molecular weight is 508 g/mol. The van der Waals surface area contributed by atoms with Gasteiger partial charge in [-0.05, 0) is 61.6 Å². The lowest BCUT2D eigenvalue weighted by atomic mass is 9.74. The van der Waals surface area contributed by atoms with E-state index in [0.717, 1.165) is 43.2 Å². The van der Waals surface area contributed by atoms with Crippen molar-refractivity contribution in [3.8, 4) is 0 Å². The first-order valence-electron chi connectivity index (χ1n) is 12.3. The van der Waals surface area contributed by atoms with Crippen LogP contribution in [0.2, 0.25) is 10.0 Å². The Morgan fingerprint density at radius 2 is 1.40 bits per heavy atom. The van der Waals surface area contributed by atoms with Gasteiger partial charge in [-0.1, -0.05) is 90.6 Å². The molecule has 0 bridgehead atoms. The van der Waals surface area contributed by atoms with E-state index in [-0.39, 0.29) is 35.5 Å². The highest BCUT2D eigenvalue weighted by Crippen LogP contribution is 2.34. The Kier molecular flexibility index (Phi) is 8.64. The molecule has 0 aliphatic heterocycles. The highest BCUT2D eigenvalue weighted by molar-refractivity contribution is 6.30. The Labute approximate surface area is 217 Å². The highest BCUT2D eigenvalue weighted by Gasteiger charge is 2.37. The smallest absolute Gasteiger partial charge is 0.224 e. The summed E-state index contributed by atoms with van der Waals surface area (Å²) in [5, 5.41) is 4.66. The number of benzene rings is 3. The number of Topliss-reactive ketones (excluding diaryl/α,β-unsaturated/α-hetero) is 1. The zero-order valence-electron chi connectivity index (χ0n) is 19.9. The summed E-state index contributed by atoms with van der Waals surface area (Å²) in [5.41, 5.74) is 2.94. The Bertz CT molecular complexity index is 1130.